The molecule has 3 aromatic rings. The van der Waals surface area contributed by atoms with E-state index in [1.165, 1.54) is 36.4 Å². The predicted molar refractivity (Wildman–Crippen MR) is 112 cm³/mol. The van der Waals surface area contributed by atoms with Crippen LogP contribution in [-0.2, 0) is 9.47 Å². The average Bonchev–Trinajstić information content (AvgIpc) is 3.43. The van der Waals surface area contributed by atoms with E-state index >= 15 is 0 Å². The second kappa shape index (κ2) is 12.0. The molecule has 0 spiro atoms. The molecule has 2 unspecified atom stereocenters. The van der Waals surface area contributed by atoms with Gasteiger partial charge in [-0.2, -0.15) is 0 Å². The van der Waals surface area contributed by atoms with Gasteiger partial charge < -0.3 is 19.8 Å². The molecule has 1 heterocycles. The maximum absolute atomic E-state index is 12.5. The first-order valence-electron chi connectivity index (χ1n) is 9.47. The van der Waals surface area contributed by atoms with Gasteiger partial charge in [0.15, 0.2) is 0 Å². The number of hydrogen-bond donors (Lipinski definition) is 1. The minimum Gasteiger partial charge on any atom is -0.399 e. The Balaban J connectivity index is 0.000000160. The molecule has 1 saturated carbocycles. The summed E-state index contributed by atoms with van der Waals surface area (Å²) in [6, 6.07) is 16.0. The van der Waals surface area contributed by atoms with Crippen molar-refractivity contribution in [3.63, 3.8) is 0 Å². The van der Waals surface area contributed by atoms with Crippen LogP contribution in [0.3, 0.4) is 0 Å². The van der Waals surface area contributed by atoms with Crippen LogP contribution in [0.1, 0.15) is 19.3 Å². The number of ether oxygens (including phenoxy) is 2. The standard InChI is InChI=1S/C10H8FN.C7H14O2.C6H6FN/c11-9-3-5-10(6-4-9)12-7-1-2-8-12;1-8-6-3-4-7(5-6)9-2;7-5-1-3-6(8)4-2-5/h1-8H;6-7H,3-5H2,1-2H3;1-4H,8H2. The third kappa shape index (κ3) is 8.05. The van der Waals surface area contributed by atoms with Gasteiger partial charge in [0.05, 0.1) is 12.2 Å². The van der Waals surface area contributed by atoms with Crippen molar-refractivity contribution < 1.29 is 18.3 Å². The lowest BCUT2D eigenvalue weighted by Gasteiger charge is -2.06. The van der Waals surface area contributed by atoms with Crippen LogP contribution in [0.25, 0.3) is 5.69 Å². The Morgan fingerprint density at radius 2 is 1.24 bits per heavy atom. The summed E-state index contributed by atoms with van der Waals surface area (Å²) < 4.78 is 36.8. The van der Waals surface area contributed by atoms with Crippen molar-refractivity contribution in [1.82, 2.24) is 4.57 Å². The summed E-state index contributed by atoms with van der Waals surface area (Å²) in [6.07, 6.45) is 8.15. The molecule has 156 valence electrons. The van der Waals surface area contributed by atoms with Crippen LogP contribution in [0.4, 0.5) is 14.5 Å². The molecule has 1 aliphatic carbocycles. The van der Waals surface area contributed by atoms with Crippen molar-refractivity contribution in [2.24, 2.45) is 0 Å². The van der Waals surface area contributed by atoms with E-state index in [9.17, 15) is 8.78 Å². The van der Waals surface area contributed by atoms with E-state index < -0.39 is 0 Å². The summed E-state index contributed by atoms with van der Waals surface area (Å²) in [5.74, 6) is -0.454. The van der Waals surface area contributed by atoms with Gasteiger partial charge in [-0.25, -0.2) is 8.78 Å². The summed E-state index contributed by atoms with van der Waals surface area (Å²) in [7, 11) is 3.53. The van der Waals surface area contributed by atoms with Gasteiger partial charge in [-0.1, -0.05) is 0 Å². The van der Waals surface area contributed by atoms with Crippen molar-refractivity contribution in [3.05, 3.63) is 84.7 Å². The van der Waals surface area contributed by atoms with Crippen molar-refractivity contribution in [2.45, 2.75) is 31.5 Å². The maximum Gasteiger partial charge on any atom is 0.123 e. The van der Waals surface area contributed by atoms with E-state index in [-0.39, 0.29) is 11.6 Å². The second-order valence-corrected chi connectivity index (χ2v) is 6.65. The zero-order chi connectivity index (χ0) is 21.1. The molecule has 0 radical (unpaired) electrons. The fourth-order valence-electron chi connectivity index (χ4n) is 2.91. The quantitative estimate of drug-likeness (QED) is 0.611. The van der Waals surface area contributed by atoms with E-state index in [0.29, 0.717) is 17.9 Å². The molecule has 1 aromatic heterocycles. The Labute approximate surface area is 170 Å². The highest BCUT2D eigenvalue weighted by Gasteiger charge is 2.23. The molecular weight excluding hydrogens is 374 g/mol. The third-order valence-corrected chi connectivity index (χ3v) is 4.60. The fraction of sp³-hybridized carbons (Fsp3) is 0.304. The van der Waals surface area contributed by atoms with Crippen LogP contribution in [0, 0.1) is 11.6 Å². The molecule has 2 aromatic carbocycles. The molecule has 29 heavy (non-hydrogen) atoms. The molecular formula is C23H28F2N2O2. The Kier molecular flexibility index (Phi) is 9.34. The Morgan fingerprint density at radius 1 is 0.793 bits per heavy atom. The number of nitrogens with two attached hydrogens (primary N) is 1. The monoisotopic (exact) mass is 402 g/mol. The summed E-state index contributed by atoms with van der Waals surface area (Å²) in [4.78, 5) is 0. The predicted octanol–water partition coefficient (Wildman–Crippen LogP) is 5.22. The van der Waals surface area contributed by atoms with E-state index in [1.807, 2.05) is 29.1 Å². The van der Waals surface area contributed by atoms with E-state index in [0.717, 1.165) is 24.9 Å². The van der Waals surface area contributed by atoms with Crippen LogP contribution in [0.15, 0.2) is 73.1 Å². The highest BCUT2D eigenvalue weighted by molar-refractivity contribution is 5.36. The lowest BCUT2D eigenvalue weighted by Crippen LogP contribution is -2.08. The number of aromatic nitrogens is 1. The first kappa shape index (κ1) is 22.6. The Morgan fingerprint density at radius 3 is 1.62 bits per heavy atom. The van der Waals surface area contributed by atoms with Gasteiger partial charge >= 0.3 is 0 Å². The zero-order valence-corrected chi connectivity index (χ0v) is 16.8. The highest BCUT2D eigenvalue weighted by atomic mass is 19.1. The minimum absolute atomic E-state index is 0.203. The summed E-state index contributed by atoms with van der Waals surface area (Å²) in [5, 5.41) is 0. The topological polar surface area (TPSA) is 49.4 Å². The lowest BCUT2D eigenvalue weighted by atomic mass is 10.3. The normalized spacial score (nSPS) is 17.7. The number of halogens is 2. The SMILES string of the molecule is COC1CCC(OC)C1.Fc1ccc(-n2cccc2)cc1.Nc1ccc(F)cc1. The maximum atomic E-state index is 12.5. The van der Waals surface area contributed by atoms with E-state index in [4.69, 9.17) is 15.2 Å². The van der Waals surface area contributed by atoms with Crippen molar-refractivity contribution >= 4 is 5.69 Å². The van der Waals surface area contributed by atoms with Crippen LogP contribution in [-0.4, -0.2) is 31.0 Å². The van der Waals surface area contributed by atoms with Gasteiger partial charge in [0.2, 0.25) is 0 Å². The van der Waals surface area contributed by atoms with Crippen molar-refractivity contribution in [3.8, 4) is 5.69 Å². The number of methoxy groups -OCH3 is 2. The van der Waals surface area contributed by atoms with Gasteiger partial charge in [0.25, 0.3) is 0 Å². The summed E-state index contributed by atoms with van der Waals surface area (Å²) in [6.45, 7) is 0. The zero-order valence-electron chi connectivity index (χ0n) is 16.8. The van der Waals surface area contributed by atoms with Gasteiger partial charge in [-0.3, -0.25) is 0 Å². The first-order valence-corrected chi connectivity index (χ1v) is 9.47. The van der Waals surface area contributed by atoms with Crippen LogP contribution >= 0.6 is 0 Å². The first-order chi connectivity index (χ1) is 14.0. The van der Waals surface area contributed by atoms with Gasteiger partial charge in [0.1, 0.15) is 11.6 Å². The van der Waals surface area contributed by atoms with Crippen LogP contribution < -0.4 is 5.73 Å². The van der Waals surface area contributed by atoms with Gasteiger partial charge in [-0.15, -0.1) is 0 Å². The molecule has 1 aliphatic rings. The summed E-state index contributed by atoms with van der Waals surface area (Å²) in [5.41, 5.74) is 6.82. The molecule has 0 aliphatic heterocycles. The molecule has 2 atom stereocenters. The van der Waals surface area contributed by atoms with Gasteiger partial charge in [-0.05, 0) is 79.9 Å². The highest BCUT2D eigenvalue weighted by Crippen LogP contribution is 2.23. The molecule has 4 nitrogen and oxygen atoms in total. The Hall–Kier alpha value is -2.70. The second-order valence-electron chi connectivity index (χ2n) is 6.65. The molecule has 0 bridgehead atoms. The van der Waals surface area contributed by atoms with Crippen LogP contribution in [0.2, 0.25) is 0 Å². The minimum atomic E-state index is -0.251. The number of anilines is 1. The summed E-state index contributed by atoms with van der Waals surface area (Å²) >= 11 is 0. The largest absolute Gasteiger partial charge is 0.399 e. The molecule has 4 rings (SSSR count). The molecule has 2 N–H and O–H groups in total. The fourth-order valence-corrected chi connectivity index (χ4v) is 2.91. The third-order valence-electron chi connectivity index (χ3n) is 4.60. The Bertz CT molecular complexity index is 775. The van der Waals surface area contributed by atoms with E-state index in [1.54, 1.807) is 26.4 Å². The number of rotatable bonds is 3. The number of nitrogen functional groups attached to an aromatic ring is 1. The lowest BCUT2D eigenvalue weighted by molar-refractivity contribution is 0.0687. The average molecular weight is 402 g/mol. The molecule has 1 fully saturated rings. The van der Waals surface area contributed by atoms with Crippen LogP contribution in [0.5, 0.6) is 0 Å². The molecule has 6 heteroatoms. The molecule has 0 saturated heterocycles. The van der Waals surface area contributed by atoms with Gasteiger partial charge in [0, 0.05) is 38.0 Å². The smallest absolute Gasteiger partial charge is 0.123 e. The van der Waals surface area contributed by atoms with E-state index in [2.05, 4.69) is 0 Å². The molecule has 0 amide bonds. The van der Waals surface area contributed by atoms with Crippen molar-refractivity contribution in [2.75, 3.05) is 20.0 Å². The number of benzene rings is 2. The number of nitrogens with zero attached hydrogens (tertiary/aromatic N) is 1. The van der Waals surface area contributed by atoms with Crippen molar-refractivity contribution in [1.29, 1.82) is 0 Å². The number of hydrogen-bond acceptors (Lipinski definition) is 3.